The van der Waals surface area contributed by atoms with Gasteiger partial charge in [0.15, 0.2) is 22.8 Å². The molecular formula is C15H22N4O4. The van der Waals surface area contributed by atoms with Crippen LogP contribution >= 0.6 is 0 Å². The second-order valence-electron chi connectivity index (χ2n) is 5.87. The lowest BCUT2D eigenvalue weighted by Gasteiger charge is -2.09. The summed E-state index contributed by atoms with van der Waals surface area (Å²) in [6.07, 6.45) is 1.56. The van der Waals surface area contributed by atoms with Crippen LogP contribution in [0.3, 0.4) is 0 Å². The van der Waals surface area contributed by atoms with Gasteiger partial charge in [-0.05, 0) is 26.2 Å². The van der Waals surface area contributed by atoms with Crippen LogP contribution in [0.5, 0.6) is 0 Å². The summed E-state index contributed by atoms with van der Waals surface area (Å²) in [5, 5.41) is 9.26. The summed E-state index contributed by atoms with van der Waals surface area (Å²) >= 11 is 0. The Morgan fingerprint density at radius 1 is 1.22 bits per heavy atom. The molecule has 0 fully saturated rings. The second kappa shape index (κ2) is 6.49. The summed E-state index contributed by atoms with van der Waals surface area (Å²) in [5.74, 6) is -0.113. The van der Waals surface area contributed by atoms with Crippen molar-refractivity contribution in [3.8, 4) is 0 Å². The molecular weight excluding hydrogens is 300 g/mol. The van der Waals surface area contributed by atoms with Crippen molar-refractivity contribution in [2.24, 2.45) is 14.1 Å². The molecule has 0 saturated carbocycles. The number of aryl methyl sites for hydroxylation is 2. The van der Waals surface area contributed by atoms with E-state index in [4.69, 9.17) is 0 Å². The van der Waals surface area contributed by atoms with Crippen LogP contribution < -0.4 is 11.2 Å². The molecule has 2 rings (SSSR count). The molecule has 0 unspecified atom stereocenters. The van der Waals surface area contributed by atoms with Gasteiger partial charge in [0, 0.05) is 27.6 Å². The van der Waals surface area contributed by atoms with Crippen molar-refractivity contribution in [3.63, 3.8) is 0 Å². The van der Waals surface area contributed by atoms with E-state index < -0.39 is 17.4 Å². The van der Waals surface area contributed by atoms with Gasteiger partial charge in [0.1, 0.15) is 0 Å². The Labute approximate surface area is 133 Å². The van der Waals surface area contributed by atoms with E-state index in [1.165, 1.54) is 23.1 Å². The summed E-state index contributed by atoms with van der Waals surface area (Å²) in [7, 11) is 3.13. The highest BCUT2D eigenvalue weighted by molar-refractivity contribution is 5.93. The Balaban J connectivity index is 2.51. The van der Waals surface area contributed by atoms with E-state index in [1.807, 2.05) is 0 Å². The van der Waals surface area contributed by atoms with Crippen LogP contribution in [-0.2, 0) is 20.6 Å². The highest BCUT2D eigenvalue weighted by Crippen LogP contribution is 2.10. The van der Waals surface area contributed by atoms with Crippen molar-refractivity contribution in [2.45, 2.75) is 45.8 Å². The van der Waals surface area contributed by atoms with E-state index in [9.17, 15) is 19.5 Å². The summed E-state index contributed by atoms with van der Waals surface area (Å²) in [4.78, 5) is 40.7. The third kappa shape index (κ3) is 3.12. The molecule has 2 aromatic rings. The van der Waals surface area contributed by atoms with E-state index in [-0.39, 0.29) is 29.3 Å². The molecule has 1 atom stereocenters. The molecule has 0 bridgehead atoms. The van der Waals surface area contributed by atoms with E-state index in [1.54, 1.807) is 14.0 Å². The molecule has 0 aromatic carbocycles. The summed E-state index contributed by atoms with van der Waals surface area (Å²) in [6, 6.07) is 0. The van der Waals surface area contributed by atoms with Crippen molar-refractivity contribution >= 4 is 16.9 Å². The SMILES string of the molecule is CC(=O)c1nc2c(c(=O)n(CCCC[C@@H](C)O)c(=O)n2C)n1C. The maximum atomic E-state index is 12.6. The van der Waals surface area contributed by atoms with Crippen molar-refractivity contribution in [2.75, 3.05) is 0 Å². The smallest absolute Gasteiger partial charge is 0.332 e. The summed E-state index contributed by atoms with van der Waals surface area (Å²) in [5.41, 5.74) is -0.434. The fourth-order valence-corrected chi connectivity index (χ4v) is 2.67. The zero-order valence-electron chi connectivity index (χ0n) is 13.9. The molecule has 0 aliphatic rings. The van der Waals surface area contributed by atoms with E-state index in [0.29, 0.717) is 12.8 Å². The first kappa shape index (κ1) is 17.1. The topological polar surface area (TPSA) is 99.1 Å². The Hall–Kier alpha value is -2.22. The zero-order valence-corrected chi connectivity index (χ0v) is 13.9. The lowest BCUT2D eigenvalue weighted by molar-refractivity contribution is 0.100. The lowest BCUT2D eigenvalue weighted by Crippen LogP contribution is -2.39. The average molecular weight is 322 g/mol. The molecule has 8 heteroatoms. The van der Waals surface area contributed by atoms with Crippen LogP contribution in [0.25, 0.3) is 11.2 Å². The fraction of sp³-hybridized carbons (Fsp3) is 0.600. The zero-order chi connectivity index (χ0) is 17.3. The number of carbonyl (C=O) groups excluding carboxylic acids is 1. The van der Waals surface area contributed by atoms with E-state index in [0.717, 1.165) is 11.0 Å². The highest BCUT2D eigenvalue weighted by Gasteiger charge is 2.19. The number of aromatic nitrogens is 4. The lowest BCUT2D eigenvalue weighted by atomic mass is 10.2. The standard InChI is InChI=1S/C15H22N4O4/c1-9(20)7-5-6-8-19-14(22)11-13(18(4)15(19)23)16-12(10(2)21)17(11)3/h9,20H,5-8H2,1-4H3/t9-/m1/s1. The molecule has 0 spiro atoms. The number of ketones is 1. The van der Waals surface area contributed by atoms with Gasteiger partial charge in [0.25, 0.3) is 5.56 Å². The molecule has 2 heterocycles. The highest BCUT2D eigenvalue weighted by atomic mass is 16.3. The third-order valence-corrected chi connectivity index (χ3v) is 3.93. The minimum absolute atomic E-state index is 0.152. The summed E-state index contributed by atoms with van der Waals surface area (Å²) in [6.45, 7) is 3.35. The molecule has 0 aliphatic heterocycles. The Bertz CT molecular complexity index is 857. The maximum absolute atomic E-state index is 12.6. The Morgan fingerprint density at radius 2 is 1.87 bits per heavy atom. The third-order valence-electron chi connectivity index (χ3n) is 3.93. The molecule has 126 valence electrons. The van der Waals surface area contributed by atoms with Gasteiger partial charge in [-0.25, -0.2) is 9.78 Å². The van der Waals surface area contributed by atoms with E-state index in [2.05, 4.69) is 4.98 Å². The predicted octanol–water partition coefficient (Wildman–Crippen LogP) is 0.187. The largest absolute Gasteiger partial charge is 0.393 e. The van der Waals surface area contributed by atoms with Gasteiger partial charge in [0.2, 0.25) is 0 Å². The van der Waals surface area contributed by atoms with Gasteiger partial charge in [-0.3, -0.25) is 18.7 Å². The average Bonchev–Trinajstić information content (AvgIpc) is 2.82. The van der Waals surface area contributed by atoms with Crippen molar-refractivity contribution in [1.82, 2.24) is 18.7 Å². The fourth-order valence-electron chi connectivity index (χ4n) is 2.67. The van der Waals surface area contributed by atoms with Gasteiger partial charge in [-0.15, -0.1) is 0 Å². The van der Waals surface area contributed by atoms with Crippen LogP contribution in [0, 0.1) is 0 Å². The number of aliphatic hydroxyl groups is 1. The number of nitrogens with zero attached hydrogens (tertiary/aromatic N) is 4. The molecule has 1 N–H and O–H groups in total. The van der Waals surface area contributed by atoms with Crippen LogP contribution in [0.1, 0.15) is 43.7 Å². The molecule has 0 radical (unpaired) electrons. The van der Waals surface area contributed by atoms with Gasteiger partial charge in [-0.2, -0.15) is 0 Å². The first-order valence-electron chi connectivity index (χ1n) is 7.61. The molecule has 23 heavy (non-hydrogen) atoms. The van der Waals surface area contributed by atoms with Gasteiger partial charge in [0.05, 0.1) is 6.10 Å². The number of Topliss-reactive ketones (excluding diaryl/α,β-unsaturated/α-hetero) is 1. The number of unbranched alkanes of at least 4 members (excludes halogenated alkanes) is 1. The van der Waals surface area contributed by atoms with Crippen molar-refractivity contribution in [1.29, 1.82) is 0 Å². The maximum Gasteiger partial charge on any atom is 0.332 e. The first-order valence-corrected chi connectivity index (χ1v) is 7.61. The number of carbonyl (C=O) groups is 1. The second-order valence-corrected chi connectivity index (χ2v) is 5.87. The van der Waals surface area contributed by atoms with Gasteiger partial charge < -0.3 is 9.67 Å². The quantitative estimate of drug-likeness (QED) is 0.604. The minimum atomic E-state index is -0.451. The van der Waals surface area contributed by atoms with E-state index >= 15 is 0 Å². The van der Waals surface area contributed by atoms with Crippen LogP contribution in [-0.4, -0.2) is 35.7 Å². The van der Waals surface area contributed by atoms with Gasteiger partial charge >= 0.3 is 5.69 Å². The van der Waals surface area contributed by atoms with Crippen molar-refractivity contribution in [3.05, 3.63) is 26.7 Å². The number of imidazole rings is 1. The Kier molecular flexibility index (Phi) is 4.84. The van der Waals surface area contributed by atoms with Crippen LogP contribution in [0.15, 0.2) is 9.59 Å². The molecule has 0 aliphatic carbocycles. The number of hydrogen-bond donors (Lipinski definition) is 1. The molecule has 2 aromatic heterocycles. The number of aliphatic hydroxyl groups excluding tert-OH is 1. The number of rotatable bonds is 6. The first-order chi connectivity index (χ1) is 10.8. The minimum Gasteiger partial charge on any atom is -0.393 e. The summed E-state index contributed by atoms with van der Waals surface area (Å²) < 4.78 is 3.89. The van der Waals surface area contributed by atoms with Crippen LogP contribution in [0.4, 0.5) is 0 Å². The molecule has 0 amide bonds. The molecule has 8 nitrogen and oxygen atoms in total. The number of fused-ring (bicyclic) bond motifs is 1. The van der Waals surface area contributed by atoms with Gasteiger partial charge in [-0.1, -0.05) is 0 Å². The monoisotopic (exact) mass is 322 g/mol. The number of hydrogen-bond acceptors (Lipinski definition) is 5. The normalized spacial score (nSPS) is 12.7. The molecule has 0 saturated heterocycles. The predicted molar refractivity (Wildman–Crippen MR) is 85.8 cm³/mol. The van der Waals surface area contributed by atoms with Crippen LogP contribution in [0.2, 0.25) is 0 Å². The van der Waals surface area contributed by atoms with Crippen molar-refractivity contribution < 1.29 is 9.90 Å². The Morgan fingerprint density at radius 3 is 2.43 bits per heavy atom.